The topological polar surface area (TPSA) is 121 Å². The normalized spacial score (nSPS) is 16.2. The van der Waals surface area contributed by atoms with Gasteiger partial charge in [-0.3, -0.25) is 19.8 Å². The lowest BCUT2D eigenvalue weighted by Gasteiger charge is -2.10. The largest absolute Gasteiger partial charge is 0.495 e. The van der Waals surface area contributed by atoms with Gasteiger partial charge in [0.05, 0.1) is 18.5 Å². The van der Waals surface area contributed by atoms with Crippen LogP contribution in [0.3, 0.4) is 0 Å². The van der Waals surface area contributed by atoms with E-state index in [4.69, 9.17) is 4.74 Å². The number of anilines is 2. The molecule has 1 heterocycles. The predicted molar refractivity (Wildman–Crippen MR) is 126 cm³/mol. The van der Waals surface area contributed by atoms with Crippen LogP contribution in [0.2, 0.25) is 0 Å². The number of carbonyl (C=O) groups excluding carboxylic acids is 3. The number of nitrogens with zero attached hydrogens (tertiary/aromatic N) is 1. The molecule has 1 atom stereocenters. The fourth-order valence-corrected chi connectivity index (χ4v) is 3.81. The first kappa shape index (κ1) is 22.9. The van der Waals surface area contributed by atoms with Crippen molar-refractivity contribution >= 4 is 51.7 Å². The molecule has 4 N–H and O–H groups in total. The first-order valence-corrected chi connectivity index (χ1v) is 10.5. The van der Waals surface area contributed by atoms with Gasteiger partial charge in [0.2, 0.25) is 17.7 Å². The summed E-state index contributed by atoms with van der Waals surface area (Å²) in [6.07, 6.45) is -0.0206. The van der Waals surface area contributed by atoms with Crippen LogP contribution in [-0.4, -0.2) is 35.2 Å². The Kier molecular flexibility index (Phi) is 7.50. The van der Waals surface area contributed by atoms with Gasteiger partial charge in [0.1, 0.15) is 11.0 Å². The Morgan fingerprint density at radius 3 is 2.72 bits per heavy atom. The molecule has 1 aliphatic heterocycles. The molecule has 1 saturated heterocycles. The molecule has 1 fully saturated rings. The average Bonchev–Trinajstić information content (AvgIpc) is 3.11. The second kappa shape index (κ2) is 10.5. The fraction of sp³-hybridized carbons (Fsp3) is 0.182. The Bertz CT molecular complexity index is 1090. The van der Waals surface area contributed by atoms with Crippen LogP contribution in [0.15, 0.2) is 60.2 Å². The second-order valence-electron chi connectivity index (χ2n) is 6.82. The van der Waals surface area contributed by atoms with Gasteiger partial charge in [0.25, 0.3) is 0 Å². The Morgan fingerprint density at radius 1 is 1.19 bits per heavy atom. The molecule has 166 valence electrons. The number of thioether (sulfide) groups is 1. The molecule has 2 aromatic rings. The molecule has 3 rings (SSSR count). The van der Waals surface area contributed by atoms with Crippen LogP contribution in [0.5, 0.6) is 5.75 Å². The predicted octanol–water partition coefficient (Wildman–Crippen LogP) is 2.75. The van der Waals surface area contributed by atoms with E-state index in [9.17, 15) is 14.4 Å². The maximum atomic E-state index is 12.4. The number of hydrogen-bond acceptors (Lipinski definition) is 7. The molecule has 0 saturated carbocycles. The number of amides is 3. The minimum absolute atomic E-state index is 0.0206. The van der Waals surface area contributed by atoms with E-state index >= 15 is 0 Å². The first-order chi connectivity index (χ1) is 15.4. The monoisotopic (exact) mass is 453 g/mol. The van der Waals surface area contributed by atoms with Gasteiger partial charge >= 0.3 is 0 Å². The maximum Gasteiger partial charge on any atom is 0.240 e. The molecule has 0 aliphatic carbocycles. The van der Waals surface area contributed by atoms with E-state index in [0.717, 1.165) is 17.3 Å². The molecule has 9 nitrogen and oxygen atoms in total. The number of para-hydroxylation sites is 2. The van der Waals surface area contributed by atoms with E-state index in [1.807, 2.05) is 6.07 Å². The van der Waals surface area contributed by atoms with Crippen molar-refractivity contribution in [2.45, 2.75) is 18.6 Å². The van der Waals surface area contributed by atoms with Gasteiger partial charge < -0.3 is 20.7 Å². The molecule has 0 spiro atoms. The number of rotatable bonds is 8. The molecular formula is C22H23N5O4S. The fourth-order valence-electron chi connectivity index (χ4n) is 2.88. The Balaban J connectivity index is 1.56. The molecule has 0 bridgehead atoms. The zero-order chi connectivity index (χ0) is 23.1. The van der Waals surface area contributed by atoms with Crippen LogP contribution in [0, 0.1) is 0 Å². The van der Waals surface area contributed by atoms with Crippen LogP contribution in [0.1, 0.15) is 18.9 Å². The molecule has 2 aromatic carbocycles. The van der Waals surface area contributed by atoms with E-state index < -0.39 is 5.25 Å². The van der Waals surface area contributed by atoms with Gasteiger partial charge in [0, 0.05) is 24.6 Å². The van der Waals surface area contributed by atoms with Crippen LogP contribution in [0.25, 0.3) is 5.70 Å². The third-order valence-electron chi connectivity index (χ3n) is 4.35. The quantitative estimate of drug-likeness (QED) is 0.456. The third kappa shape index (κ3) is 6.11. The molecule has 10 heteroatoms. The highest BCUT2D eigenvalue weighted by molar-refractivity contribution is 8.15. The average molecular weight is 454 g/mol. The molecule has 32 heavy (non-hydrogen) atoms. The van der Waals surface area contributed by atoms with Crippen LogP contribution >= 0.6 is 11.8 Å². The summed E-state index contributed by atoms with van der Waals surface area (Å²) in [4.78, 5) is 35.9. The molecule has 0 unspecified atom stereocenters. The van der Waals surface area contributed by atoms with E-state index in [0.29, 0.717) is 28.0 Å². The first-order valence-electron chi connectivity index (χ1n) is 9.66. The summed E-state index contributed by atoms with van der Waals surface area (Å²) >= 11 is 1.15. The van der Waals surface area contributed by atoms with E-state index in [-0.39, 0.29) is 24.1 Å². The number of amidine groups is 1. The number of nitrogens with one attached hydrogen (secondary N) is 4. The van der Waals surface area contributed by atoms with E-state index in [1.165, 1.54) is 14.0 Å². The standard InChI is InChI=1S/C22H23N5O4S/c1-13(15-7-6-8-16(11-15)23-14(2)28)26-27-22-25-21(30)19(32-22)12-20(29)24-17-9-4-5-10-18(17)31-3/h4-11,19,26H,1,12H2,2-3H3,(H,23,28)(H,24,29)(H,25,27,30)/t19-/m1/s1. The van der Waals surface area contributed by atoms with Crippen molar-refractivity contribution in [3.05, 3.63) is 60.7 Å². The van der Waals surface area contributed by atoms with Gasteiger partial charge in [-0.05, 0) is 24.3 Å². The van der Waals surface area contributed by atoms with E-state index in [2.05, 4.69) is 33.1 Å². The maximum absolute atomic E-state index is 12.4. The molecule has 0 aromatic heterocycles. The number of hydrogen-bond donors (Lipinski definition) is 4. The summed E-state index contributed by atoms with van der Waals surface area (Å²) in [7, 11) is 1.52. The zero-order valence-electron chi connectivity index (χ0n) is 17.6. The summed E-state index contributed by atoms with van der Waals surface area (Å²) in [5.41, 5.74) is 5.18. The highest BCUT2D eigenvalue weighted by Crippen LogP contribution is 2.26. The van der Waals surface area contributed by atoms with Crippen molar-refractivity contribution in [1.82, 2.24) is 10.7 Å². The lowest BCUT2D eigenvalue weighted by molar-refractivity contribution is -0.122. The number of methoxy groups -OCH3 is 1. The molecule has 0 radical (unpaired) electrons. The molecule has 3 amide bonds. The van der Waals surface area contributed by atoms with Crippen molar-refractivity contribution in [3.63, 3.8) is 0 Å². The summed E-state index contributed by atoms with van der Waals surface area (Å²) in [5, 5.41) is 12.0. The third-order valence-corrected chi connectivity index (χ3v) is 5.43. The van der Waals surface area contributed by atoms with Gasteiger partial charge in [-0.1, -0.05) is 42.6 Å². The second-order valence-corrected chi connectivity index (χ2v) is 8.01. The van der Waals surface area contributed by atoms with Crippen LogP contribution in [0.4, 0.5) is 11.4 Å². The number of ether oxygens (including phenoxy) is 1. The van der Waals surface area contributed by atoms with E-state index in [1.54, 1.807) is 42.5 Å². The molecule has 1 aliphatic rings. The zero-order valence-corrected chi connectivity index (χ0v) is 18.4. The SMILES string of the molecule is C=C(N/N=C1/NC(=O)[C@@H](CC(=O)Nc2ccccc2OC)S1)c1cccc(NC(C)=O)c1. The highest BCUT2D eigenvalue weighted by Gasteiger charge is 2.32. The number of benzene rings is 2. The van der Waals surface area contributed by atoms with Crippen LogP contribution < -0.4 is 26.1 Å². The Morgan fingerprint density at radius 2 is 1.97 bits per heavy atom. The summed E-state index contributed by atoms with van der Waals surface area (Å²) < 4.78 is 5.22. The summed E-state index contributed by atoms with van der Waals surface area (Å²) in [6.45, 7) is 5.36. The molecular weight excluding hydrogens is 430 g/mol. The van der Waals surface area contributed by atoms with Crippen LogP contribution in [-0.2, 0) is 14.4 Å². The smallest absolute Gasteiger partial charge is 0.240 e. The van der Waals surface area contributed by atoms with Crippen molar-refractivity contribution in [1.29, 1.82) is 0 Å². The summed E-state index contributed by atoms with van der Waals surface area (Å²) in [5.74, 6) is -0.247. The van der Waals surface area contributed by atoms with Gasteiger partial charge in [-0.2, -0.15) is 0 Å². The van der Waals surface area contributed by atoms with Crippen molar-refractivity contribution < 1.29 is 19.1 Å². The lowest BCUT2D eigenvalue weighted by Crippen LogP contribution is -2.28. The number of hydrazone groups is 1. The number of carbonyl (C=O) groups is 3. The van der Waals surface area contributed by atoms with Crippen molar-refractivity contribution in [2.24, 2.45) is 5.10 Å². The minimum atomic E-state index is -0.610. The Labute approximate surface area is 189 Å². The van der Waals surface area contributed by atoms with Crippen molar-refractivity contribution in [3.8, 4) is 5.75 Å². The Hall–Kier alpha value is -3.79. The summed E-state index contributed by atoms with van der Waals surface area (Å²) in [6, 6.07) is 14.2. The van der Waals surface area contributed by atoms with Gasteiger partial charge in [-0.15, -0.1) is 5.10 Å². The highest BCUT2D eigenvalue weighted by atomic mass is 32.2. The lowest BCUT2D eigenvalue weighted by atomic mass is 10.1. The van der Waals surface area contributed by atoms with Gasteiger partial charge in [-0.25, -0.2) is 0 Å². The van der Waals surface area contributed by atoms with Crippen molar-refractivity contribution in [2.75, 3.05) is 17.7 Å². The minimum Gasteiger partial charge on any atom is -0.495 e. The van der Waals surface area contributed by atoms with Gasteiger partial charge in [0.15, 0.2) is 5.17 Å².